The molecule has 17 heavy (non-hydrogen) atoms. The van der Waals surface area contributed by atoms with Crippen LogP contribution in [-0.2, 0) is 0 Å². The van der Waals surface area contributed by atoms with Gasteiger partial charge in [0.1, 0.15) is 0 Å². The predicted molar refractivity (Wildman–Crippen MR) is 61.7 cm³/mol. The first-order chi connectivity index (χ1) is 7.99. The smallest absolute Gasteiger partial charge is 0.348 e. The lowest BCUT2D eigenvalue weighted by atomic mass is 10.2. The minimum Gasteiger partial charge on any atom is -0.478 e. The van der Waals surface area contributed by atoms with Crippen LogP contribution < -0.4 is 11.4 Å². The van der Waals surface area contributed by atoms with Crippen molar-refractivity contribution in [1.82, 2.24) is 14.8 Å². The van der Waals surface area contributed by atoms with Crippen molar-refractivity contribution in [3.05, 3.63) is 49.2 Å². The fraction of sp³-hybridized carbons (Fsp3) is 0. The van der Waals surface area contributed by atoms with Crippen molar-refractivity contribution in [2.24, 2.45) is 0 Å². The third-order valence-corrected chi connectivity index (χ3v) is 2.53. The molecule has 0 saturated heterocycles. The van der Waals surface area contributed by atoms with Gasteiger partial charge in [-0.05, 0) is 18.2 Å². The number of H-pyrrole nitrogens is 2. The number of aromatic carboxylic acids is 1. The standard InChI is InChI=1S/C9H6BrN3O4/c10-5-1-4(7(14)15)2-6(3-5)13-8(16)11-12-9(13)17/h1-3H,(H,11,16)(H,12,17)(H,14,15). The molecule has 1 aromatic heterocycles. The molecule has 0 radical (unpaired) electrons. The van der Waals surface area contributed by atoms with E-state index in [2.05, 4.69) is 26.1 Å². The third kappa shape index (κ3) is 2.07. The van der Waals surface area contributed by atoms with Gasteiger partial charge in [-0.2, -0.15) is 0 Å². The topological polar surface area (TPSA) is 108 Å². The van der Waals surface area contributed by atoms with Crippen LogP contribution in [0.2, 0.25) is 0 Å². The number of nitrogens with one attached hydrogen (secondary N) is 2. The van der Waals surface area contributed by atoms with Crippen molar-refractivity contribution in [2.75, 3.05) is 0 Å². The highest BCUT2D eigenvalue weighted by molar-refractivity contribution is 9.10. The first-order valence-electron chi connectivity index (χ1n) is 4.43. The van der Waals surface area contributed by atoms with Crippen molar-refractivity contribution in [2.45, 2.75) is 0 Å². The van der Waals surface area contributed by atoms with Crippen molar-refractivity contribution < 1.29 is 9.90 Å². The van der Waals surface area contributed by atoms with Gasteiger partial charge in [0.05, 0.1) is 11.3 Å². The number of benzene rings is 1. The van der Waals surface area contributed by atoms with Gasteiger partial charge >= 0.3 is 17.3 Å². The summed E-state index contributed by atoms with van der Waals surface area (Å²) >= 11 is 3.11. The van der Waals surface area contributed by atoms with E-state index < -0.39 is 17.3 Å². The average molecular weight is 300 g/mol. The molecular formula is C9H6BrN3O4. The Balaban J connectivity index is 2.73. The molecule has 0 aliphatic rings. The summed E-state index contributed by atoms with van der Waals surface area (Å²) in [6, 6.07) is 4.08. The Morgan fingerprint density at radius 3 is 2.29 bits per heavy atom. The molecular weight excluding hydrogens is 294 g/mol. The van der Waals surface area contributed by atoms with Gasteiger partial charge in [0, 0.05) is 4.47 Å². The minimum atomic E-state index is -1.15. The fourth-order valence-electron chi connectivity index (χ4n) is 1.37. The van der Waals surface area contributed by atoms with E-state index in [4.69, 9.17) is 5.11 Å². The van der Waals surface area contributed by atoms with E-state index in [0.717, 1.165) is 4.57 Å². The second-order valence-electron chi connectivity index (χ2n) is 3.20. The maximum absolute atomic E-state index is 11.3. The minimum absolute atomic E-state index is 0.0260. The lowest BCUT2D eigenvalue weighted by Crippen LogP contribution is -2.24. The number of hydrogen-bond donors (Lipinski definition) is 3. The molecule has 0 fully saturated rings. The number of rotatable bonds is 2. The number of halogens is 1. The van der Waals surface area contributed by atoms with Crippen LogP contribution in [0.4, 0.5) is 0 Å². The quantitative estimate of drug-likeness (QED) is 0.742. The van der Waals surface area contributed by atoms with Crippen LogP contribution in [0.3, 0.4) is 0 Å². The first kappa shape index (κ1) is 11.4. The summed E-state index contributed by atoms with van der Waals surface area (Å²) in [5, 5.41) is 13.1. The largest absolute Gasteiger partial charge is 0.478 e. The van der Waals surface area contributed by atoms with Crippen LogP contribution in [-0.4, -0.2) is 25.8 Å². The van der Waals surface area contributed by atoms with Gasteiger partial charge in [0.15, 0.2) is 0 Å². The molecule has 0 amide bonds. The van der Waals surface area contributed by atoms with Gasteiger partial charge in [-0.15, -0.1) is 0 Å². The van der Waals surface area contributed by atoms with Crippen molar-refractivity contribution in [3.63, 3.8) is 0 Å². The Kier molecular flexibility index (Phi) is 2.72. The van der Waals surface area contributed by atoms with E-state index in [-0.39, 0.29) is 11.3 Å². The van der Waals surface area contributed by atoms with Crippen molar-refractivity contribution in [3.8, 4) is 5.69 Å². The normalized spacial score (nSPS) is 10.4. The third-order valence-electron chi connectivity index (χ3n) is 2.07. The number of hydrogen-bond acceptors (Lipinski definition) is 3. The van der Waals surface area contributed by atoms with E-state index in [9.17, 15) is 14.4 Å². The SMILES string of the molecule is O=C(O)c1cc(Br)cc(-n2c(=O)[nH][nH]c2=O)c1. The Hall–Kier alpha value is -2.09. The second kappa shape index (κ2) is 4.06. The summed E-state index contributed by atoms with van der Waals surface area (Å²) in [4.78, 5) is 33.5. The molecule has 0 saturated carbocycles. The zero-order valence-corrected chi connectivity index (χ0v) is 9.82. The van der Waals surface area contributed by atoms with Gasteiger partial charge in [-0.3, -0.25) is 0 Å². The zero-order valence-electron chi connectivity index (χ0n) is 8.23. The molecule has 0 bridgehead atoms. The Morgan fingerprint density at radius 1 is 1.18 bits per heavy atom. The van der Waals surface area contributed by atoms with Crippen LogP contribution in [0.1, 0.15) is 10.4 Å². The van der Waals surface area contributed by atoms with Gasteiger partial charge < -0.3 is 5.11 Å². The average Bonchev–Trinajstić information content (AvgIpc) is 2.57. The molecule has 0 aliphatic heterocycles. The van der Waals surface area contributed by atoms with E-state index >= 15 is 0 Å². The maximum atomic E-state index is 11.3. The lowest BCUT2D eigenvalue weighted by Gasteiger charge is -2.02. The summed E-state index contributed by atoms with van der Waals surface area (Å²) in [5.74, 6) is -1.15. The lowest BCUT2D eigenvalue weighted by molar-refractivity contribution is 0.0696. The van der Waals surface area contributed by atoms with Gasteiger partial charge in [-0.25, -0.2) is 29.1 Å². The predicted octanol–water partition coefficient (Wildman–Crippen LogP) is 0.315. The molecule has 0 unspecified atom stereocenters. The van der Waals surface area contributed by atoms with Gasteiger partial charge in [-0.1, -0.05) is 15.9 Å². The fourth-order valence-corrected chi connectivity index (χ4v) is 1.85. The summed E-state index contributed by atoms with van der Waals surface area (Å²) in [5.41, 5.74) is -1.18. The van der Waals surface area contributed by atoms with Crippen LogP contribution in [0.15, 0.2) is 32.3 Å². The monoisotopic (exact) mass is 299 g/mol. The molecule has 2 rings (SSSR count). The zero-order chi connectivity index (χ0) is 12.6. The van der Waals surface area contributed by atoms with E-state index in [0.29, 0.717) is 4.47 Å². The van der Waals surface area contributed by atoms with E-state index in [1.54, 1.807) is 0 Å². The van der Waals surface area contributed by atoms with E-state index in [1.165, 1.54) is 18.2 Å². The summed E-state index contributed by atoms with van der Waals surface area (Å²) in [6.07, 6.45) is 0. The van der Waals surface area contributed by atoms with Gasteiger partial charge in [0.25, 0.3) is 0 Å². The highest BCUT2D eigenvalue weighted by Crippen LogP contribution is 2.17. The molecule has 7 nitrogen and oxygen atoms in total. The highest BCUT2D eigenvalue weighted by Gasteiger charge is 2.11. The van der Waals surface area contributed by atoms with Crippen LogP contribution in [0.25, 0.3) is 5.69 Å². The molecule has 8 heteroatoms. The van der Waals surface area contributed by atoms with Crippen molar-refractivity contribution in [1.29, 1.82) is 0 Å². The number of aromatic amines is 2. The number of carbonyl (C=O) groups is 1. The number of carboxylic acids is 1. The molecule has 3 N–H and O–H groups in total. The summed E-state index contributed by atoms with van der Waals surface area (Å²) in [7, 11) is 0. The Labute approximate surface area is 102 Å². The molecule has 1 aromatic carbocycles. The second-order valence-corrected chi connectivity index (χ2v) is 4.11. The maximum Gasteiger partial charge on any atom is 0.348 e. The van der Waals surface area contributed by atoms with Crippen LogP contribution in [0.5, 0.6) is 0 Å². The first-order valence-corrected chi connectivity index (χ1v) is 5.22. The van der Waals surface area contributed by atoms with Gasteiger partial charge in [0.2, 0.25) is 0 Å². The molecule has 88 valence electrons. The van der Waals surface area contributed by atoms with E-state index in [1.807, 2.05) is 0 Å². The highest BCUT2D eigenvalue weighted by atomic mass is 79.9. The number of nitrogens with zero attached hydrogens (tertiary/aromatic N) is 1. The summed E-state index contributed by atoms with van der Waals surface area (Å²) in [6.45, 7) is 0. The van der Waals surface area contributed by atoms with Crippen LogP contribution >= 0.6 is 15.9 Å². The molecule has 0 aliphatic carbocycles. The number of aromatic nitrogens is 3. The number of carboxylic acid groups (broad SMARTS) is 1. The molecule has 1 heterocycles. The molecule has 2 aromatic rings. The van der Waals surface area contributed by atoms with Crippen molar-refractivity contribution >= 4 is 21.9 Å². The molecule has 0 spiro atoms. The molecule has 0 atom stereocenters. The van der Waals surface area contributed by atoms with Crippen LogP contribution in [0, 0.1) is 0 Å². The Morgan fingerprint density at radius 2 is 1.76 bits per heavy atom. The summed E-state index contributed by atoms with van der Waals surface area (Å²) < 4.78 is 1.26. The Bertz CT molecular complexity index is 669.